The van der Waals surface area contributed by atoms with E-state index in [1.165, 1.54) is 26.8 Å². The zero-order chi connectivity index (χ0) is 34.6. The highest BCUT2D eigenvalue weighted by molar-refractivity contribution is 6.35. The van der Waals surface area contributed by atoms with Gasteiger partial charge in [0.05, 0.1) is 37.7 Å². The lowest BCUT2D eigenvalue weighted by molar-refractivity contribution is -0.384. The van der Waals surface area contributed by atoms with Crippen molar-refractivity contribution >= 4 is 52.6 Å². The zero-order valence-electron chi connectivity index (χ0n) is 27.0. The first-order chi connectivity index (χ1) is 23.0. The van der Waals surface area contributed by atoms with Crippen LogP contribution in [-0.2, 0) is 41.5 Å². The topological polar surface area (TPSA) is 143 Å². The van der Waals surface area contributed by atoms with Gasteiger partial charge in [-0.2, -0.15) is 0 Å². The summed E-state index contributed by atoms with van der Waals surface area (Å²) in [7, 11) is 0. The van der Waals surface area contributed by atoms with Crippen molar-refractivity contribution in [2.75, 3.05) is 72.2 Å². The quantitative estimate of drug-likeness (QED) is 0.146. The second kappa shape index (κ2) is 18.1. The van der Waals surface area contributed by atoms with E-state index in [9.17, 15) is 29.3 Å². The lowest BCUT2D eigenvalue weighted by atomic mass is 10.0. The fourth-order valence-electron chi connectivity index (χ4n) is 5.78. The number of amides is 3. The lowest BCUT2D eigenvalue weighted by Crippen LogP contribution is -2.61. The molecule has 0 bridgehead atoms. The van der Waals surface area contributed by atoms with Crippen molar-refractivity contribution < 1.29 is 33.6 Å². The van der Waals surface area contributed by atoms with E-state index in [0.29, 0.717) is 49.1 Å². The number of halogens is 2. The molecule has 2 aromatic carbocycles. The number of morpholine rings is 1. The van der Waals surface area contributed by atoms with Crippen molar-refractivity contribution in [3.63, 3.8) is 0 Å². The van der Waals surface area contributed by atoms with Crippen LogP contribution in [0.15, 0.2) is 42.5 Å². The molecule has 2 aliphatic heterocycles. The van der Waals surface area contributed by atoms with Gasteiger partial charge in [0.25, 0.3) is 5.69 Å². The van der Waals surface area contributed by atoms with Crippen LogP contribution >= 0.6 is 23.2 Å². The fraction of sp³-hybridized carbons (Fsp3) is 0.515. The molecular formula is C33H41Cl2N5O8. The first kappa shape index (κ1) is 37.0. The van der Waals surface area contributed by atoms with E-state index in [4.69, 9.17) is 32.7 Å². The number of rotatable bonds is 16. The Kier molecular flexibility index (Phi) is 14.0. The highest BCUT2D eigenvalue weighted by Gasteiger charge is 2.41. The standard InChI is InChI=1S/C33H41Cl2N5O8/c1-2-48-32(43)23-37(14-10-24-4-8-27(9-5-24)40(45)46)30(41)21-29-33(44)38(15-11-25-6-7-26(34)20-28(25)35)22-31(42)39(29)13-3-12-36-16-18-47-19-17-36/h4-9,20,29H,2-3,10-19,21-23H2,1H3. The van der Waals surface area contributed by atoms with E-state index in [1.807, 2.05) is 0 Å². The maximum absolute atomic E-state index is 14.0. The second-order valence-corrected chi connectivity index (χ2v) is 12.5. The maximum atomic E-state index is 14.0. The van der Waals surface area contributed by atoms with E-state index in [-0.39, 0.29) is 63.3 Å². The van der Waals surface area contributed by atoms with E-state index < -0.39 is 22.8 Å². The minimum Gasteiger partial charge on any atom is -0.465 e. The Hall–Kier alpha value is -3.78. The van der Waals surface area contributed by atoms with Gasteiger partial charge in [0, 0.05) is 61.4 Å². The SMILES string of the molecule is CCOC(=O)CN(CCc1ccc([N+](=O)[O-])cc1)C(=O)CC1C(=O)N(CCc2ccc(Cl)cc2Cl)CC(=O)N1CCCN1CCOCC1. The Morgan fingerprint density at radius 1 is 1.04 bits per heavy atom. The van der Waals surface area contributed by atoms with Crippen LogP contribution in [0, 0.1) is 10.1 Å². The van der Waals surface area contributed by atoms with Crippen LogP contribution in [0.1, 0.15) is 30.9 Å². The van der Waals surface area contributed by atoms with Crippen LogP contribution in [-0.4, -0.2) is 126 Å². The van der Waals surface area contributed by atoms with Crippen LogP contribution in [0.25, 0.3) is 0 Å². The molecule has 13 nitrogen and oxygen atoms in total. The highest BCUT2D eigenvalue weighted by Crippen LogP contribution is 2.24. The molecule has 0 aliphatic carbocycles. The highest BCUT2D eigenvalue weighted by atomic mass is 35.5. The molecule has 0 radical (unpaired) electrons. The van der Waals surface area contributed by atoms with Crippen molar-refractivity contribution in [3.8, 4) is 0 Å². The van der Waals surface area contributed by atoms with Crippen LogP contribution in [0.2, 0.25) is 10.0 Å². The van der Waals surface area contributed by atoms with Gasteiger partial charge in [0.1, 0.15) is 12.6 Å². The average Bonchev–Trinajstić information content (AvgIpc) is 3.06. The van der Waals surface area contributed by atoms with Gasteiger partial charge in [-0.25, -0.2) is 0 Å². The predicted molar refractivity (Wildman–Crippen MR) is 179 cm³/mol. The molecule has 2 aromatic rings. The van der Waals surface area contributed by atoms with Crippen molar-refractivity contribution in [2.45, 2.75) is 38.6 Å². The smallest absolute Gasteiger partial charge is 0.325 e. The van der Waals surface area contributed by atoms with Crippen LogP contribution in [0.5, 0.6) is 0 Å². The molecule has 0 aromatic heterocycles. The van der Waals surface area contributed by atoms with E-state index in [2.05, 4.69) is 4.90 Å². The molecule has 3 amide bonds. The van der Waals surface area contributed by atoms with Gasteiger partial charge in [-0.05, 0) is 49.4 Å². The number of benzene rings is 2. The van der Waals surface area contributed by atoms with Crippen molar-refractivity contribution in [1.82, 2.24) is 19.6 Å². The van der Waals surface area contributed by atoms with Gasteiger partial charge in [0.15, 0.2) is 0 Å². The number of hydrogen-bond acceptors (Lipinski definition) is 9. The molecule has 0 spiro atoms. The third-order valence-electron chi connectivity index (χ3n) is 8.43. The lowest BCUT2D eigenvalue weighted by Gasteiger charge is -2.41. The predicted octanol–water partition coefficient (Wildman–Crippen LogP) is 3.23. The van der Waals surface area contributed by atoms with Gasteiger partial charge < -0.3 is 24.2 Å². The second-order valence-electron chi connectivity index (χ2n) is 11.7. The molecule has 260 valence electrons. The van der Waals surface area contributed by atoms with Crippen LogP contribution in [0.4, 0.5) is 5.69 Å². The summed E-state index contributed by atoms with van der Waals surface area (Å²) >= 11 is 12.4. The molecular weight excluding hydrogens is 665 g/mol. The molecule has 2 fully saturated rings. The number of piperazine rings is 1. The third-order valence-corrected chi connectivity index (χ3v) is 9.01. The fourth-order valence-corrected chi connectivity index (χ4v) is 6.29. The van der Waals surface area contributed by atoms with E-state index in [1.54, 1.807) is 37.3 Å². The summed E-state index contributed by atoms with van der Waals surface area (Å²) in [4.78, 5) is 71.0. The number of nitro groups is 1. The normalized spacial score (nSPS) is 17.0. The summed E-state index contributed by atoms with van der Waals surface area (Å²) in [5, 5.41) is 12.0. The third kappa shape index (κ3) is 10.6. The Bertz CT molecular complexity index is 1450. The number of carbonyl (C=O) groups is 4. The Balaban J connectivity index is 1.50. The van der Waals surface area contributed by atoms with Gasteiger partial charge >= 0.3 is 5.97 Å². The van der Waals surface area contributed by atoms with E-state index >= 15 is 0 Å². The number of nitrogens with zero attached hydrogens (tertiary/aromatic N) is 5. The number of nitro benzene ring substituents is 1. The summed E-state index contributed by atoms with van der Waals surface area (Å²) in [6, 6.07) is 9.97. The summed E-state index contributed by atoms with van der Waals surface area (Å²) in [5.41, 5.74) is 1.44. The zero-order valence-corrected chi connectivity index (χ0v) is 28.5. The van der Waals surface area contributed by atoms with Crippen molar-refractivity contribution in [1.29, 1.82) is 0 Å². The molecule has 2 heterocycles. The Labute approximate surface area is 289 Å². The molecule has 1 atom stereocenters. The Morgan fingerprint density at radius 2 is 1.77 bits per heavy atom. The summed E-state index contributed by atoms with van der Waals surface area (Å²) < 4.78 is 10.5. The van der Waals surface area contributed by atoms with Gasteiger partial charge in [0.2, 0.25) is 17.7 Å². The number of non-ortho nitro benzene ring substituents is 1. The van der Waals surface area contributed by atoms with Gasteiger partial charge in [-0.3, -0.25) is 34.2 Å². The minimum absolute atomic E-state index is 0.0599. The van der Waals surface area contributed by atoms with E-state index in [0.717, 1.165) is 24.2 Å². The Morgan fingerprint density at radius 3 is 2.44 bits per heavy atom. The first-order valence-electron chi connectivity index (χ1n) is 16.0. The van der Waals surface area contributed by atoms with Crippen LogP contribution < -0.4 is 0 Å². The molecule has 1 unspecified atom stereocenters. The largest absolute Gasteiger partial charge is 0.465 e. The maximum Gasteiger partial charge on any atom is 0.325 e. The number of ether oxygens (including phenoxy) is 2. The monoisotopic (exact) mass is 705 g/mol. The average molecular weight is 707 g/mol. The molecule has 48 heavy (non-hydrogen) atoms. The van der Waals surface area contributed by atoms with Crippen LogP contribution in [0.3, 0.4) is 0 Å². The van der Waals surface area contributed by atoms with Crippen molar-refractivity contribution in [3.05, 3.63) is 73.8 Å². The summed E-state index contributed by atoms with van der Waals surface area (Å²) in [6.07, 6.45) is 0.978. The van der Waals surface area contributed by atoms with Gasteiger partial charge in [-0.1, -0.05) is 41.4 Å². The number of carbonyl (C=O) groups excluding carboxylic acids is 4. The minimum atomic E-state index is -1.06. The van der Waals surface area contributed by atoms with Gasteiger partial charge in [-0.15, -0.1) is 0 Å². The molecule has 2 saturated heterocycles. The summed E-state index contributed by atoms with van der Waals surface area (Å²) in [6.45, 7) is 5.48. The molecule has 15 heteroatoms. The number of hydrogen-bond donors (Lipinski definition) is 0. The molecule has 0 N–H and O–H groups in total. The first-order valence-corrected chi connectivity index (χ1v) is 16.8. The van der Waals surface area contributed by atoms with Crippen molar-refractivity contribution in [2.24, 2.45) is 0 Å². The molecule has 2 aliphatic rings. The summed E-state index contributed by atoms with van der Waals surface area (Å²) in [5.74, 6) is -1.72. The number of esters is 1. The molecule has 0 saturated carbocycles. The molecule has 4 rings (SSSR count).